The van der Waals surface area contributed by atoms with Crippen molar-refractivity contribution in [3.8, 4) is 0 Å². The number of hydrogen-bond donors (Lipinski definition) is 0. The summed E-state index contributed by atoms with van der Waals surface area (Å²) >= 11 is 0. The molecule has 0 atom stereocenters. The Morgan fingerprint density at radius 1 is 1.89 bits per heavy atom. The maximum absolute atomic E-state index is 3.75. The zero-order valence-corrected chi connectivity index (χ0v) is 5.33. The standard InChI is InChI=1S/C6H8N3/c1-3-4-9-5-6(2)7-8-9/h3H,1,4H2,2H3. The first-order chi connectivity index (χ1) is 4.33. The SMILES string of the molecule is C=CCn1[c]c(C)nn1. The second-order valence-electron chi connectivity index (χ2n) is 1.76. The van der Waals surface area contributed by atoms with E-state index in [-0.39, 0.29) is 0 Å². The molecular weight excluding hydrogens is 114 g/mol. The summed E-state index contributed by atoms with van der Waals surface area (Å²) in [6, 6.07) is 0. The molecule has 0 unspecified atom stereocenters. The van der Waals surface area contributed by atoms with Crippen LogP contribution in [0.3, 0.4) is 0 Å². The molecule has 0 N–H and O–H groups in total. The van der Waals surface area contributed by atoms with Crippen molar-refractivity contribution in [2.45, 2.75) is 13.5 Å². The van der Waals surface area contributed by atoms with Crippen LogP contribution >= 0.6 is 0 Å². The molecule has 0 bridgehead atoms. The molecule has 9 heavy (non-hydrogen) atoms. The van der Waals surface area contributed by atoms with Gasteiger partial charge < -0.3 is 0 Å². The van der Waals surface area contributed by atoms with Gasteiger partial charge in [0.15, 0.2) is 0 Å². The average Bonchev–Trinajstić information content (AvgIpc) is 2.17. The van der Waals surface area contributed by atoms with Gasteiger partial charge in [0.1, 0.15) is 6.20 Å². The molecule has 0 aliphatic rings. The van der Waals surface area contributed by atoms with Gasteiger partial charge in [-0.2, -0.15) is 0 Å². The minimum absolute atomic E-state index is 0.681. The maximum Gasteiger partial charge on any atom is 0.112 e. The third-order valence-electron chi connectivity index (χ3n) is 0.896. The van der Waals surface area contributed by atoms with Crippen molar-refractivity contribution in [2.24, 2.45) is 0 Å². The van der Waals surface area contributed by atoms with E-state index in [9.17, 15) is 0 Å². The molecule has 3 nitrogen and oxygen atoms in total. The molecule has 0 aromatic carbocycles. The molecule has 0 amide bonds. The fourth-order valence-electron chi connectivity index (χ4n) is 0.557. The van der Waals surface area contributed by atoms with E-state index in [0.717, 1.165) is 5.69 Å². The Labute approximate surface area is 54.0 Å². The zero-order chi connectivity index (χ0) is 6.69. The number of aromatic nitrogens is 3. The Bertz CT molecular complexity index is 202. The van der Waals surface area contributed by atoms with Gasteiger partial charge in [-0.05, 0) is 6.92 Å². The van der Waals surface area contributed by atoms with E-state index in [1.807, 2.05) is 6.92 Å². The van der Waals surface area contributed by atoms with Gasteiger partial charge in [-0.25, -0.2) is 4.68 Å². The Hall–Kier alpha value is -1.12. The highest BCUT2D eigenvalue weighted by Gasteiger charge is 1.90. The summed E-state index contributed by atoms with van der Waals surface area (Å²) in [7, 11) is 0. The summed E-state index contributed by atoms with van der Waals surface area (Å²) in [5, 5.41) is 7.49. The van der Waals surface area contributed by atoms with Crippen LogP contribution in [0.25, 0.3) is 0 Å². The molecule has 1 heterocycles. The smallest absolute Gasteiger partial charge is 0.112 e. The van der Waals surface area contributed by atoms with E-state index in [0.29, 0.717) is 6.54 Å². The number of hydrogen-bond acceptors (Lipinski definition) is 2. The Balaban J connectivity index is 2.72. The summed E-state index contributed by atoms with van der Waals surface area (Å²) in [6.07, 6.45) is 4.65. The Morgan fingerprint density at radius 3 is 3.11 bits per heavy atom. The molecule has 0 spiro atoms. The van der Waals surface area contributed by atoms with Crippen LogP contribution in [0, 0.1) is 13.1 Å². The molecule has 0 fully saturated rings. The lowest BCUT2D eigenvalue weighted by Gasteiger charge is -1.86. The Kier molecular flexibility index (Phi) is 1.63. The first kappa shape index (κ1) is 6.01. The van der Waals surface area contributed by atoms with Crippen LogP contribution in [0.15, 0.2) is 12.7 Å². The number of rotatable bonds is 2. The predicted molar refractivity (Wildman–Crippen MR) is 33.8 cm³/mol. The van der Waals surface area contributed by atoms with Crippen LogP contribution in [0.5, 0.6) is 0 Å². The van der Waals surface area contributed by atoms with Crippen LogP contribution in [-0.2, 0) is 6.54 Å². The van der Waals surface area contributed by atoms with Crippen LogP contribution in [0.4, 0.5) is 0 Å². The van der Waals surface area contributed by atoms with Crippen molar-refractivity contribution in [1.29, 1.82) is 0 Å². The monoisotopic (exact) mass is 122 g/mol. The molecule has 1 aromatic heterocycles. The third kappa shape index (κ3) is 1.38. The highest BCUT2D eigenvalue weighted by atomic mass is 15.4. The van der Waals surface area contributed by atoms with Gasteiger partial charge in [-0.1, -0.05) is 11.3 Å². The number of allylic oxidation sites excluding steroid dienone is 1. The Morgan fingerprint density at radius 2 is 2.67 bits per heavy atom. The molecule has 47 valence electrons. The van der Waals surface area contributed by atoms with Crippen molar-refractivity contribution in [3.63, 3.8) is 0 Å². The fraction of sp³-hybridized carbons (Fsp3) is 0.333. The largest absolute Gasteiger partial charge is 0.239 e. The van der Waals surface area contributed by atoms with Crippen LogP contribution in [0.1, 0.15) is 5.69 Å². The fourth-order valence-corrected chi connectivity index (χ4v) is 0.557. The number of aryl methyl sites for hydroxylation is 1. The van der Waals surface area contributed by atoms with Gasteiger partial charge in [0.25, 0.3) is 0 Å². The van der Waals surface area contributed by atoms with E-state index < -0.39 is 0 Å². The lowest BCUT2D eigenvalue weighted by atomic mass is 10.5. The van der Waals surface area contributed by atoms with E-state index in [2.05, 4.69) is 23.1 Å². The predicted octanol–water partition coefficient (Wildman–Crippen LogP) is 0.573. The molecule has 3 heteroatoms. The molecular formula is C6H8N3. The molecule has 1 rings (SSSR count). The van der Waals surface area contributed by atoms with Gasteiger partial charge in [0.05, 0.1) is 12.2 Å². The van der Waals surface area contributed by atoms with Gasteiger partial charge >= 0.3 is 0 Å². The van der Waals surface area contributed by atoms with Crippen molar-refractivity contribution >= 4 is 0 Å². The highest BCUT2D eigenvalue weighted by molar-refractivity contribution is 4.85. The van der Waals surface area contributed by atoms with Crippen molar-refractivity contribution in [3.05, 3.63) is 24.5 Å². The van der Waals surface area contributed by atoms with Crippen molar-refractivity contribution in [1.82, 2.24) is 15.0 Å². The summed E-state index contributed by atoms with van der Waals surface area (Å²) in [5.74, 6) is 0. The van der Waals surface area contributed by atoms with Crippen LogP contribution in [-0.4, -0.2) is 15.0 Å². The average molecular weight is 122 g/mol. The molecule has 0 aliphatic heterocycles. The van der Waals surface area contributed by atoms with E-state index >= 15 is 0 Å². The molecule has 1 aromatic rings. The lowest BCUT2D eigenvalue weighted by Crippen LogP contribution is -1.94. The normalized spacial score (nSPS) is 9.44. The first-order valence-electron chi connectivity index (χ1n) is 2.73. The quantitative estimate of drug-likeness (QED) is 0.537. The first-order valence-corrected chi connectivity index (χ1v) is 2.73. The minimum atomic E-state index is 0.681. The van der Waals surface area contributed by atoms with E-state index in [1.54, 1.807) is 10.8 Å². The number of nitrogens with zero attached hydrogens (tertiary/aromatic N) is 3. The highest BCUT2D eigenvalue weighted by Crippen LogP contribution is 1.86. The van der Waals surface area contributed by atoms with Gasteiger partial charge in [0, 0.05) is 0 Å². The van der Waals surface area contributed by atoms with Gasteiger partial charge in [-0.3, -0.25) is 0 Å². The summed E-state index contributed by atoms with van der Waals surface area (Å²) in [5.41, 5.74) is 0.817. The lowest BCUT2D eigenvalue weighted by molar-refractivity contribution is 0.658. The zero-order valence-electron chi connectivity index (χ0n) is 5.33. The topological polar surface area (TPSA) is 30.7 Å². The van der Waals surface area contributed by atoms with Crippen LogP contribution < -0.4 is 0 Å². The van der Waals surface area contributed by atoms with Crippen molar-refractivity contribution < 1.29 is 0 Å². The molecule has 0 aliphatic carbocycles. The van der Waals surface area contributed by atoms with Crippen LogP contribution in [0.2, 0.25) is 0 Å². The van der Waals surface area contributed by atoms with E-state index in [1.165, 1.54) is 0 Å². The summed E-state index contributed by atoms with van der Waals surface area (Å²) in [4.78, 5) is 0. The minimum Gasteiger partial charge on any atom is -0.239 e. The maximum atomic E-state index is 3.75. The summed E-state index contributed by atoms with van der Waals surface area (Å²) < 4.78 is 1.61. The van der Waals surface area contributed by atoms with E-state index in [4.69, 9.17) is 0 Å². The summed E-state index contributed by atoms with van der Waals surface area (Å²) in [6.45, 7) is 6.09. The van der Waals surface area contributed by atoms with Crippen molar-refractivity contribution in [2.75, 3.05) is 0 Å². The van der Waals surface area contributed by atoms with Gasteiger partial charge in [0.2, 0.25) is 0 Å². The third-order valence-corrected chi connectivity index (χ3v) is 0.896. The second kappa shape index (κ2) is 2.44. The van der Waals surface area contributed by atoms with Gasteiger partial charge in [-0.15, -0.1) is 11.7 Å². The molecule has 0 saturated carbocycles. The second-order valence-corrected chi connectivity index (χ2v) is 1.76. The molecule has 1 radical (unpaired) electrons. The molecule has 0 saturated heterocycles.